The lowest BCUT2D eigenvalue weighted by Crippen LogP contribution is -2.45. The average Bonchev–Trinajstić information content (AvgIpc) is 2.60. The molecule has 0 saturated heterocycles. The molecule has 4 heteroatoms. The number of hydrogen-bond donors (Lipinski definition) is 3. The van der Waals surface area contributed by atoms with Crippen LogP contribution in [0.2, 0.25) is 0 Å². The van der Waals surface area contributed by atoms with Crippen LogP contribution in [0.4, 0.5) is 0 Å². The molecule has 0 bridgehead atoms. The maximum absolute atomic E-state index is 10.3. The lowest BCUT2D eigenvalue weighted by atomic mass is 9.85. The number of hydrogen-bond acceptors (Lipinski definition) is 4. The fraction of sp³-hybridized carbons (Fsp3) is 0.750. The molecule has 1 unspecified atom stereocenters. The van der Waals surface area contributed by atoms with E-state index in [-0.39, 0.29) is 12.4 Å². The summed E-state index contributed by atoms with van der Waals surface area (Å²) in [5.41, 5.74) is 6.57. The molecule has 28 heavy (non-hydrogen) atoms. The van der Waals surface area contributed by atoms with Crippen LogP contribution >= 0.6 is 0 Å². The van der Waals surface area contributed by atoms with Crippen molar-refractivity contribution in [3.8, 4) is 11.5 Å². The van der Waals surface area contributed by atoms with E-state index in [1.807, 2.05) is 12.1 Å². The van der Waals surface area contributed by atoms with Crippen molar-refractivity contribution in [3.63, 3.8) is 0 Å². The first-order chi connectivity index (χ1) is 13.1. The Hall–Kier alpha value is -1.26. The number of aryl methyl sites for hydroxylation is 1. The minimum Gasteiger partial charge on any atom is -0.508 e. The standard InChI is InChI=1S/C24H43NO3/c1-18(2)7-6-8-20(5)12-14-28-22-10-9-21(23(27)15-22)11-13-24(25,17-26)16-19(3)4/h9-10,15,18-20,26-27H,6-8,11-14,16-17,25H2,1-5H3/t20?,24-/m0/s1. The van der Waals surface area contributed by atoms with Gasteiger partial charge in [-0.3, -0.25) is 0 Å². The number of rotatable bonds is 14. The van der Waals surface area contributed by atoms with Crippen LogP contribution in [0, 0.1) is 17.8 Å². The number of nitrogens with two attached hydrogens (primary N) is 1. The van der Waals surface area contributed by atoms with Gasteiger partial charge in [-0.15, -0.1) is 0 Å². The molecule has 162 valence electrons. The molecule has 1 rings (SSSR count). The number of phenolic OH excluding ortho intramolecular Hbond substituents is 1. The molecule has 1 aromatic carbocycles. The molecule has 0 aliphatic heterocycles. The van der Waals surface area contributed by atoms with Crippen molar-refractivity contribution in [1.82, 2.24) is 0 Å². The van der Waals surface area contributed by atoms with Gasteiger partial charge in [0.1, 0.15) is 11.5 Å². The molecule has 0 amide bonds. The Morgan fingerprint density at radius 2 is 1.75 bits per heavy atom. The Morgan fingerprint density at radius 1 is 1.04 bits per heavy atom. The topological polar surface area (TPSA) is 75.7 Å². The Bertz CT molecular complexity index is 559. The van der Waals surface area contributed by atoms with Crippen molar-refractivity contribution < 1.29 is 14.9 Å². The second-order valence-electron chi connectivity index (χ2n) is 9.48. The van der Waals surface area contributed by atoms with Crippen molar-refractivity contribution in [1.29, 1.82) is 0 Å². The van der Waals surface area contributed by atoms with Crippen molar-refractivity contribution in [2.75, 3.05) is 13.2 Å². The molecule has 0 aromatic heterocycles. The summed E-state index contributed by atoms with van der Waals surface area (Å²) in [5.74, 6) is 2.81. The summed E-state index contributed by atoms with van der Waals surface area (Å²) in [6, 6.07) is 5.51. The van der Waals surface area contributed by atoms with Gasteiger partial charge in [-0.1, -0.05) is 59.9 Å². The molecule has 1 aromatic rings. The summed E-state index contributed by atoms with van der Waals surface area (Å²) in [5, 5.41) is 20.0. The minimum atomic E-state index is -0.596. The van der Waals surface area contributed by atoms with E-state index in [0.717, 1.165) is 24.3 Å². The molecule has 0 fully saturated rings. The van der Waals surface area contributed by atoms with Gasteiger partial charge in [0.05, 0.1) is 13.2 Å². The molecule has 4 nitrogen and oxygen atoms in total. The highest BCUT2D eigenvalue weighted by molar-refractivity contribution is 5.39. The number of aliphatic hydroxyl groups is 1. The zero-order valence-electron chi connectivity index (χ0n) is 18.7. The van der Waals surface area contributed by atoms with Gasteiger partial charge in [-0.05, 0) is 55.1 Å². The van der Waals surface area contributed by atoms with E-state index in [1.54, 1.807) is 6.07 Å². The first-order valence-electron chi connectivity index (χ1n) is 11.0. The van der Waals surface area contributed by atoms with E-state index in [4.69, 9.17) is 10.5 Å². The van der Waals surface area contributed by atoms with Crippen molar-refractivity contribution in [3.05, 3.63) is 23.8 Å². The van der Waals surface area contributed by atoms with Gasteiger partial charge in [0, 0.05) is 11.6 Å². The molecular weight excluding hydrogens is 350 g/mol. The van der Waals surface area contributed by atoms with Gasteiger partial charge in [0.15, 0.2) is 0 Å². The fourth-order valence-electron chi connectivity index (χ4n) is 3.68. The van der Waals surface area contributed by atoms with Gasteiger partial charge in [-0.2, -0.15) is 0 Å². The largest absolute Gasteiger partial charge is 0.508 e. The van der Waals surface area contributed by atoms with Crippen LogP contribution < -0.4 is 10.5 Å². The predicted molar refractivity (Wildman–Crippen MR) is 118 cm³/mol. The first kappa shape index (κ1) is 24.8. The van der Waals surface area contributed by atoms with E-state index >= 15 is 0 Å². The van der Waals surface area contributed by atoms with E-state index in [9.17, 15) is 10.2 Å². The third-order valence-corrected chi connectivity index (χ3v) is 5.44. The second kappa shape index (κ2) is 12.3. The maximum Gasteiger partial charge on any atom is 0.122 e. The zero-order valence-corrected chi connectivity index (χ0v) is 18.7. The van der Waals surface area contributed by atoms with Gasteiger partial charge in [0.2, 0.25) is 0 Å². The van der Waals surface area contributed by atoms with E-state index in [2.05, 4.69) is 34.6 Å². The summed E-state index contributed by atoms with van der Waals surface area (Å²) in [6.07, 6.45) is 6.89. The molecule has 0 saturated carbocycles. The highest BCUT2D eigenvalue weighted by Crippen LogP contribution is 2.28. The van der Waals surface area contributed by atoms with Crippen LogP contribution in [0.1, 0.15) is 78.7 Å². The third-order valence-electron chi connectivity index (χ3n) is 5.44. The summed E-state index contributed by atoms with van der Waals surface area (Å²) >= 11 is 0. The number of benzene rings is 1. The fourth-order valence-corrected chi connectivity index (χ4v) is 3.68. The van der Waals surface area contributed by atoms with E-state index in [1.165, 1.54) is 19.3 Å². The Labute approximate surface area is 172 Å². The molecule has 0 aliphatic carbocycles. The molecular formula is C24H43NO3. The van der Waals surface area contributed by atoms with Crippen LogP contribution in [0.25, 0.3) is 0 Å². The second-order valence-corrected chi connectivity index (χ2v) is 9.48. The Balaban J connectivity index is 2.45. The Kier molecular flexibility index (Phi) is 10.9. The lowest BCUT2D eigenvalue weighted by Gasteiger charge is -2.29. The number of aliphatic hydroxyl groups excluding tert-OH is 1. The van der Waals surface area contributed by atoms with E-state index < -0.39 is 5.54 Å². The molecule has 0 heterocycles. The highest BCUT2D eigenvalue weighted by atomic mass is 16.5. The Morgan fingerprint density at radius 3 is 2.32 bits per heavy atom. The highest BCUT2D eigenvalue weighted by Gasteiger charge is 2.25. The zero-order chi connectivity index (χ0) is 21.2. The van der Waals surface area contributed by atoms with Crippen molar-refractivity contribution in [2.24, 2.45) is 23.5 Å². The predicted octanol–water partition coefficient (Wildman–Crippen LogP) is 5.29. The smallest absolute Gasteiger partial charge is 0.122 e. The number of ether oxygens (including phenoxy) is 1. The van der Waals surface area contributed by atoms with E-state index in [0.29, 0.717) is 37.0 Å². The quantitative estimate of drug-likeness (QED) is 0.401. The molecule has 2 atom stereocenters. The summed E-state index contributed by atoms with van der Waals surface area (Å²) in [6.45, 7) is 11.7. The van der Waals surface area contributed by atoms with Crippen LogP contribution in [0.15, 0.2) is 18.2 Å². The SMILES string of the molecule is CC(C)CCCC(C)CCOc1ccc(CC[C@@](N)(CO)CC(C)C)c(O)c1. The first-order valence-corrected chi connectivity index (χ1v) is 11.0. The molecule has 0 spiro atoms. The van der Waals surface area contributed by atoms with Gasteiger partial charge < -0.3 is 20.7 Å². The summed E-state index contributed by atoms with van der Waals surface area (Å²) in [4.78, 5) is 0. The maximum atomic E-state index is 10.3. The number of aromatic hydroxyl groups is 1. The van der Waals surface area contributed by atoms with Crippen molar-refractivity contribution >= 4 is 0 Å². The average molecular weight is 394 g/mol. The number of phenols is 1. The lowest BCUT2D eigenvalue weighted by molar-refractivity contribution is 0.165. The van der Waals surface area contributed by atoms with Crippen molar-refractivity contribution in [2.45, 2.75) is 85.1 Å². The summed E-state index contributed by atoms with van der Waals surface area (Å²) in [7, 11) is 0. The summed E-state index contributed by atoms with van der Waals surface area (Å²) < 4.78 is 5.83. The normalized spacial score (nSPS) is 15.0. The van der Waals surface area contributed by atoms with Crippen LogP contribution in [-0.2, 0) is 6.42 Å². The van der Waals surface area contributed by atoms with Gasteiger partial charge >= 0.3 is 0 Å². The molecule has 0 aliphatic rings. The third kappa shape index (κ3) is 9.79. The van der Waals surface area contributed by atoms with Crippen LogP contribution in [0.5, 0.6) is 11.5 Å². The minimum absolute atomic E-state index is 0.0392. The molecule has 4 N–H and O–H groups in total. The van der Waals surface area contributed by atoms with Crippen LogP contribution in [0.3, 0.4) is 0 Å². The van der Waals surface area contributed by atoms with Gasteiger partial charge in [-0.25, -0.2) is 0 Å². The van der Waals surface area contributed by atoms with Crippen LogP contribution in [-0.4, -0.2) is 29.0 Å². The molecule has 0 radical (unpaired) electrons. The monoisotopic (exact) mass is 393 g/mol. The van der Waals surface area contributed by atoms with Gasteiger partial charge in [0.25, 0.3) is 0 Å².